The lowest BCUT2D eigenvalue weighted by atomic mass is 10.1. The first-order chi connectivity index (χ1) is 14.7. The van der Waals surface area contributed by atoms with Gasteiger partial charge in [-0.3, -0.25) is 0 Å². The summed E-state index contributed by atoms with van der Waals surface area (Å²) in [6.45, 7) is 6.41. The number of imidazole rings is 1. The van der Waals surface area contributed by atoms with Gasteiger partial charge in [0.15, 0.2) is 0 Å². The first-order valence-corrected chi connectivity index (χ1v) is 10.4. The van der Waals surface area contributed by atoms with E-state index in [1.165, 1.54) is 11.3 Å². The molecule has 0 unspecified atom stereocenters. The lowest BCUT2D eigenvalue weighted by molar-refractivity contribution is 0.415. The number of fused-ring (bicyclic) bond motifs is 1. The molecule has 0 saturated carbocycles. The van der Waals surface area contributed by atoms with Crippen molar-refractivity contribution in [2.75, 3.05) is 25.1 Å². The van der Waals surface area contributed by atoms with Crippen LogP contribution in [0, 0.1) is 0 Å². The van der Waals surface area contributed by atoms with Crippen LogP contribution >= 0.6 is 0 Å². The van der Waals surface area contributed by atoms with Crippen LogP contribution in [-0.2, 0) is 0 Å². The summed E-state index contributed by atoms with van der Waals surface area (Å²) in [6.07, 6.45) is 8.38. The van der Waals surface area contributed by atoms with Gasteiger partial charge in [0, 0.05) is 36.7 Å². The molecule has 0 atom stereocenters. The number of methoxy groups -OCH3 is 1. The van der Waals surface area contributed by atoms with Crippen LogP contribution in [0.25, 0.3) is 29.1 Å². The van der Waals surface area contributed by atoms with E-state index in [1.807, 2.05) is 24.3 Å². The quantitative estimate of drug-likeness (QED) is 0.381. The standard InChI is InChI=1S/C26H27N3O/c1-4-28(5-2)23-12-8-20(9-13-23)6-7-21-16-17-29-19-25(27-26(29)18-21)22-10-14-24(30-3)15-11-22/h6-19H,4-5H2,1-3H3/b7-6+. The normalized spacial score (nSPS) is 11.3. The minimum absolute atomic E-state index is 0.847. The highest BCUT2D eigenvalue weighted by Gasteiger charge is 2.05. The van der Waals surface area contributed by atoms with Crippen LogP contribution in [0.5, 0.6) is 5.75 Å². The van der Waals surface area contributed by atoms with E-state index in [2.05, 4.69) is 84.1 Å². The van der Waals surface area contributed by atoms with Gasteiger partial charge >= 0.3 is 0 Å². The Morgan fingerprint density at radius 3 is 2.27 bits per heavy atom. The highest BCUT2D eigenvalue weighted by atomic mass is 16.5. The zero-order valence-electron chi connectivity index (χ0n) is 17.7. The molecule has 0 aliphatic carbocycles. The Morgan fingerprint density at radius 1 is 0.900 bits per heavy atom. The second-order valence-electron chi connectivity index (χ2n) is 7.18. The van der Waals surface area contributed by atoms with Crippen molar-refractivity contribution < 1.29 is 4.74 Å². The van der Waals surface area contributed by atoms with Gasteiger partial charge in [-0.15, -0.1) is 0 Å². The fourth-order valence-electron chi connectivity index (χ4n) is 3.58. The van der Waals surface area contributed by atoms with E-state index in [1.54, 1.807) is 7.11 Å². The maximum atomic E-state index is 5.24. The highest BCUT2D eigenvalue weighted by molar-refractivity contribution is 5.73. The molecule has 2 aromatic heterocycles. The van der Waals surface area contributed by atoms with Gasteiger partial charge in [-0.05, 0) is 73.5 Å². The van der Waals surface area contributed by atoms with Crippen LogP contribution in [-0.4, -0.2) is 29.6 Å². The number of hydrogen-bond acceptors (Lipinski definition) is 3. The first-order valence-electron chi connectivity index (χ1n) is 10.4. The topological polar surface area (TPSA) is 29.8 Å². The third-order valence-corrected chi connectivity index (χ3v) is 5.36. The predicted octanol–water partition coefficient (Wildman–Crippen LogP) is 6.03. The average molecular weight is 398 g/mol. The molecule has 0 spiro atoms. The summed E-state index contributed by atoms with van der Waals surface area (Å²) in [5.41, 5.74) is 6.53. The van der Waals surface area contributed by atoms with Crippen LogP contribution in [0.2, 0.25) is 0 Å². The monoisotopic (exact) mass is 397 g/mol. The molecular formula is C26H27N3O. The van der Waals surface area contributed by atoms with Crippen LogP contribution < -0.4 is 9.64 Å². The molecule has 30 heavy (non-hydrogen) atoms. The van der Waals surface area contributed by atoms with Crippen LogP contribution in [0.1, 0.15) is 25.0 Å². The van der Waals surface area contributed by atoms with Crippen LogP contribution in [0.3, 0.4) is 0 Å². The zero-order chi connectivity index (χ0) is 20.9. The number of aromatic nitrogens is 2. The van der Waals surface area contributed by atoms with E-state index < -0.39 is 0 Å². The number of hydrogen-bond donors (Lipinski definition) is 0. The fourth-order valence-corrected chi connectivity index (χ4v) is 3.58. The van der Waals surface area contributed by atoms with Crippen molar-refractivity contribution in [3.63, 3.8) is 0 Å². The molecule has 2 aromatic carbocycles. The minimum atomic E-state index is 0.847. The van der Waals surface area contributed by atoms with Gasteiger partial charge in [-0.25, -0.2) is 4.98 Å². The summed E-state index contributed by atoms with van der Waals surface area (Å²) in [5.74, 6) is 0.847. The van der Waals surface area contributed by atoms with Crippen molar-refractivity contribution >= 4 is 23.5 Å². The highest BCUT2D eigenvalue weighted by Crippen LogP contribution is 2.23. The molecule has 0 aliphatic heterocycles. The Morgan fingerprint density at radius 2 is 1.60 bits per heavy atom. The third kappa shape index (κ3) is 4.23. The molecule has 2 heterocycles. The lowest BCUT2D eigenvalue weighted by Crippen LogP contribution is -2.21. The molecule has 4 rings (SSSR count). The predicted molar refractivity (Wildman–Crippen MR) is 126 cm³/mol. The van der Waals surface area contributed by atoms with Crippen LogP contribution in [0.15, 0.2) is 73.1 Å². The molecular weight excluding hydrogens is 370 g/mol. The second kappa shape index (κ2) is 8.87. The Bertz CT molecular complexity index is 1140. The smallest absolute Gasteiger partial charge is 0.138 e. The molecule has 0 saturated heterocycles. The summed E-state index contributed by atoms with van der Waals surface area (Å²) in [6, 6.07) is 20.9. The van der Waals surface area contributed by atoms with Crippen molar-refractivity contribution in [2.45, 2.75) is 13.8 Å². The van der Waals surface area contributed by atoms with Gasteiger partial charge in [0.25, 0.3) is 0 Å². The van der Waals surface area contributed by atoms with Crippen molar-refractivity contribution in [3.05, 3.63) is 84.2 Å². The Labute approximate surface area is 178 Å². The largest absolute Gasteiger partial charge is 0.497 e. The molecule has 4 nitrogen and oxygen atoms in total. The number of rotatable bonds is 7. The first kappa shape index (κ1) is 19.8. The second-order valence-corrected chi connectivity index (χ2v) is 7.18. The molecule has 0 fully saturated rings. The fraction of sp³-hybridized carbons (Fsp3) is 0.192. The van der Waals surface area contributed by atoms with Gasteiger partial charge in [0.2, 0.25) is 0 Å². The summed E-state index contributed by atoms with van der Waals surface area (Å²) in [7, 11) is 1.67. The number of pyridine rings is 1. The Kier molecular flexibility index (Phi) is 5.84. The molecule has 4 heteroatoms. The van der Waals surface area contributed by atoms with Gasteiger partial charge in [0.1, 0.15) is 11.4 Å². The zero-order valence-corrected chi connectivity index (χ0v) is 17.7. The third-order valence-electron chi connectivity index (χ3n) is 5.36. The van der Waals surface area contributed by atoms with Crippen molar-refractivity contribution in [1.82, 2.24) is 9.38 Å². The SMILES string of the molecule is CCN(CC)c1ccc(/C=C/c2ccn3cc(-c4ccc(OC)cc4)nc3c2)cc1. The average Bonchev–Trinajstić information content (AvgIpc) is 3.23. The molecule has 0 N–H and O–H groups in total. The van der Waals surface area contributed by atoms with Crippen molar-refractivity contribution in [1.29, 1.82) is 0 Å². The van der Waals surface area contributed by atoms with E-state index in [4.69, 9.17) is 9.72 Å². The number of anilines is 1. The summed E-state index contributed by atoms with van der Waals surface area (Å²) >= 11 is 0. The lowest BCUT2D eigenvalue weighted by Gasteiger charge is -2.20. The van der Waals surface area contributed by atoms with Crippen molar-refractivity contribution in [2.24, 2.45) is 0 Å². The Hall–Kier alpha value is -3.53. The molecule has 0 amide bonds. The van der Waals surface area contributed by atoms with E-state index in [9.17, 15) is 0 Å². The number of ether oxygens (including phenoxy) is 1. The van der Waals surface area contributed by atoms with Gasteiger partial charge in [-0.2, -0.15) is 0 Å². The van der Waals surface area contributed by atoms with E-state index in [0.717, 1.165) is 41.3 Å². The summed E-state index contributed by atoms with van der Waals surface area (Å²) in [4.78, 5) is 7.13. The van der Waals surface area contributed by atoms with Crippen LogP contribution in [0.4, 0.5) is 5.69 Å². The number of benzene rings is 2. The van der Waals surface area contributed by atoms with Crippen molar-refractivity contribution in [3.8, 4) is 17.0 Å². The van der Waals surface area contributed by atoms with Gasteiger partial charge < -0.3 is 14.0 Å². The number of nitrogens with zero attached hydrogens (tertiary/aromatic N) is 3. The van der Waals surface area contributed by atoms with E-state index in [-0.39, 0.29) is 0 Å². The summed E-state index contributed by atoms with van der Waals surface area (Å²) in [5, 5.41) is 0. The van der Waals surface area contributed by atoms with Gasteiger partial charge in [0.05, 0.1) is 12.8 Å². The molecule has 0 aliphatic rings. The maximum Gasteiger partial charge on any atom is 0.138 e. The Balaban J connectivity index is 1.53. The maximum absolute atomic E-state index is 5.24. The van der Waals surface area contributed by atoms with E-state index >= 15 is 0 Å². The molecule has 152 valence electrons. The van der Waals surface area contributed by atoms with Gasteiger partial charge in [-0.1, -0.05) is 24.3 Å². The van der Waals surface area contributed by atoms with E-state index in [0.29, 0.717) is 0 Å². The summed E-state index contributed by atoms with van der Waals surface area (Å²) < 4.78 is 7.29. The molecule has 0 bridgehead atoms. The molecule has 0 radical (unpaired) electrons. The minimum Gasteiger partial charge on any atom is -0.497 e. The molecule has 4 aromatic rings.